The molecule has 1 fully saturated rings. The lowest BCUT2D eigenvalue weighted by Gasteiger charge is -2.33. The summed E-state index contributed by atoms with van der Waals surface area (Å²) in [6.45, 7) is 3.78. The van der Waals surface area contributed by atoms with Crippen LogP contribution in [-0.2, 0) is 20.8 Å². The van der Waals surface area contributed by atoms with Gasteiger partial charge in [-0.1, -0.05) is 30.3 Å². The molecular formula is C18H24N2O4. The second kappa shape index (κ2) is 7.47. The molecule has 0 aliphatic carbocycles. The van der Waals surface area contributed by atoms with Gasteiger partial charge < -0.3 is 14.9 Å². The zero-order chi connectivity index (χ0) is 17.7. The molecule has 6 nitrogen and oxygen atoms in total. The van der Waals surface area contributed by atoms with Gasteiger partial charge >= 0.3 is 5.97 Å². The standard InChI is InChI=1S/C18H24N2O4/c1-14(21)19(12-9-15-7-4-3-5-8-15)13-16(22)20-11-6-10-18(20,2)17(23)24/h3-5,7-8H,6,9-13H2,1-2H3,(H,23,24). The van der Waals surface area contributed by atoms with E-state index in [9.17, 15) is 19.5 Å². The maximum atomic E-state index is 12.6. The molecule has 1 saturated heterocycles. The molecule has 0 radical (unpaired) electrons. The highest BCUT2D eigenvalue weighted by Gasteiger charge is 2.46. The van der Waals surface area contributed by atoms with Gasteiger partial charge in [0.05, 0.1) is 6.54 Å². The lowest BCUT2D eigenvalue weighted by Crippen LogP contribution is -2.54. The number of aliphatic carboxylic acids is 1. The normalized spacial score (nSPS) is 20.0. The average Bonchev–Trinajstić information content (AvgIpc) is 2.95. The highest BCUT2D eigenvalue weighted by atomic mass is 16.4. The van der Waals surface area contributed by atoms with E-state index in [-0.39, 0.29) is 18.4 Å². The van der Waals surface area contributed by atoms with Gasteiger partial charge in [-0.2, -0.15) is 0 Å². The fraction of sp³-hybridized carbons (Fsp3) is 0.500. The Bertz CT molecular complexity index is 617. The Balaban J connectivity index is 2.01. The first-order valence-electron chi connectivity index (χ1n) is 8.18. The van der Waals surface area contributed by atoms with Crippen molar-refractivity contribution in [1.82, 2.24) is 9.80 Å². The van der Waals surface area contributed by atoms with Crippen LogP contribution < -0.4 is 0 Å². The van der Waals surface area contributed by atoms with Crippen molar-refractivity contribution in [2.45, 2.75) is 38.6 Å². The van der Waals surface area contributed by atoms with E-state index in [0.717, 1.165) is 5.56 Å². The molecule has 0 aromatic heterocycles. The molecule has 1 unspecified atom stereocenters. The predicted molar refractivity (Wildman–Crippen MR) is 89.4 cm³/mol. The molecule has 24 heavy (non-hydrogen) atoms. The van der Waals surface area contributed by atoms with Gasteiger partial charge in [-0.25, -0.2) is 4.79 Å². The Morgan fingerprint density at radius 1 is 1.25 bits per heavy atom. The number of hydrogen-bond acceptors (Lipinski definition) is 3. The van der Waals surface area contributed by atoms with Gasteiger partial charge in [0.15, 0.2) is 0 Å². The molecule has 2 amide bonds. The Morgan fingerprint density at radius 3 is 2.50 bits per heavy atom. The Labute approximate surface area is 142 Å². The lowest BCUT2D eigenvalue weighted by molar-refractivity contribution is -0.156. The Kier molecular flexibility index (Phi) is 5.59. The maximum absolute atomic E-state index is 12.6. The van der Waals surface area contributed by atoms with Gasteiger partial charge in [-0.15, -0.1) is 0 Å². The number of carboxylic acid groups (broad SMARTS) is 1. The summed E-state index contributed by atoms with van der Waals surface area (Å²) in [5, 5.41) is 9.41. The molecule has 1 aromatic carbocycles. The summed E-state index contributed by atoms with van der Waals surface area (Å²) in [6, 6.07) is 9.74. The zero-order valence-corrected chi connectivity index (χ0v) is 14.2. The van der Waals surface area contributed by atoms with Gasteiger partial charge in [0.1, 0.15) is 5.54 Å². The van der Waals surface area contributed by atoms with Crippen molar-refractivity contribution in [1.29, 1.82) is 0 Å². The number of carbonyl (C=O) groups is 3. The van der Waals surface area contributed by atoms with Crippen molar-refractivity contribution in [3.8, 4) is 0 Å². The second-order valence-electron chi connectivity index (χ2n) is 6.40. The van der Waals surface area contributed by atoms with Crippen molar-refractivity contribution in [2.24, 2.45) is 0 Å². The lowest BCUT2D eigenvalue weighted by atomic mass is 9.99. The van der Waals surface area contributed by atoms with Crippen LogP contribution in [0.4, 0.5) is 0 Å². The number of carbonyl (C=O) groups excluding carboxylic acids is 2. The summed E-state index contributed by atoms with van der Waals surface area (Å²) < 4.78 is 0. The molecule has 0 spiro atoms. The van der Waals surface area contributed by atoms with Crippen LogP contribution in [0.2, 0.25) is 0 Å². The molecule has 1 N–H and O–H groups in total. The van der Waals surface area contributed by atoms with E-state index in [0.29, 0.717) is 32.4 Å². The first-order chi connectivity index (χ1) is 11.3. The predicted octanol–water partition coefficient (Wildman–Crippen LogP) is 1.54. The number of likely N-dealkylation sites (tertiary alicyclic amines) is 1. The average molecular weight is 332 g/mol. The van der Waals surface area contributed by atoms with E-state index in [4.69, 9.17) is 0 Å². The third-order valence-electron chi connectivity index (χ3n) is 4.69. The van der Waals surface area contributed by atoms with Crippen LogP contribution in [0.3, 0.4) is 0 Å². The summed E-state index contributed by atoms with van der Waals surface area (Å²) in [7, 11) is 0. The fourth-order valence-corrected chi connectivity index (χ4v) is 3.09. The molecule has 1 heterocycles. The van der Waals surface area contributed by atoms with E-state index in [1.165, 1.54) is 16.7 Å². The van der Waals surface area contributed by atoms with Gasteiger partial charge in [-0.3, -0.25) is 9.59 Å². The topological polar surface area (TPSA) is 77.9 Å². The highest BCUT2D eigenvalue weighted by molar-refractivity contribution is 5.90. The number of benzene rings is 1. The van der Waals surface area contributed by atoms with Crippen molar-refractivity contribution < 1.29 is 19.5 Å². The summed E-state index contributed by atoms with van der Waals surface area (Å²) in [6.07, 6.45) is 1.76. The van der Waals surface area contributed by atoms with Gasteiger partial charge in [0.25, 0.3) is 0 Å². The van der Waals surface area contributed by atoms with Crippen molar-refractivity contribution in [3.05, 3.63) is 35.9 Å². The highest BCUT2D eigenvalue weighted by Crippen LogP contribution is 2.29. The van der Waals surface area contributed by atoms with Crippen molar-refractivity contribution in [3.63, 3.8) is 0 Å². The summed E-state index contributed by atoms with van der Waals surface area (Å²) in [5.74, 6) is -1.48. The largest absolute Gasteiger partial charge is 0.480 e. The zero-order valence-electron chi connectivity index (χ0n) is 14.2. The van der Waals surface area contributed by atoms with Crippen molar-refractivity contribution >= 4 is 17.8 Å². The second-order valence-corrected chi connectivity index (χ2v) is 6.40. The van der Waals surface area contributed by atoms with Crippen molar-refractivity contribution in [2.75, 3.05) is 19.6 Å². The number of amides is 2. The molecular weight excluding hydrogens is 308 g/mol. The first-order valence-corrected chi connectivity index (χ1v) is 8.18. The quantitative estimate of drug-likeness (QED) is 0.857. The minimum Gasteiger partial charge on any atom is -0.480 e. The van der Waals surface area contributed by atoms with Crippen LogP contribution in [0.1, 0.15) is 32.3 Å². The maximum Gasteiger partial charge on any atom is 0.329 e. The summed E-state index contributed by atoms with van der Waals surface area (Å²) in [5.41, 5.74) is -0.0772. The SMILES string of the molecule is CC(=O)N(CCc1ccccc1)CC(=O)N1CCCC1(C)C(=O)O. The molecule has 0 saturated carbocycles. The smallest absolute Gasteiger partial charge is 0.329 e. The van der Waals surface area contributed by atoms with Crippen LogP contribution >= 0.6 is 0 Å². The van der Waals surface area contributed by atoms with Crippen LogP contribution in [0.5, 0.6) is 0 Å². The van der Waals surface area contributed by atoms with Gasteiger partial charge in [-0.05, 0) is 31.7 Å². The molecule has 0 bridgehead atoms. The summed E-state index contributed by atoms with van der Waals surface area (Å²) in [4.78, 5) is 38.8. The molecule has 1 aromatic rings. The number of hydrogen-bond donors (Lipinski definition) is 1. The van der Waals surface area contributed by atoms with Gasteiger partial charge in [0.2, 0.25) is 11.8 Å². The van der Waals surface area contributed by atoms with E-state index < -0.39 is 11.5 Å². The van der Waals surface area contributed by atoms with E-state index >= 15 is 0 Å². The molecule has 130 valence electrons. The Morgan fingerprint density at radius 2 is 1.92 bits per heavy atom. The fourth-order valence-electron chi connectivity index (χ4n) is 3.09. The van der Waals surface area contributed by atoms with Crippen LogP contribution in [0, 0.1) is 0 Å². The minimum absolute atomic E-state index is 0.0783. The molecule has 6 heteroatoms. The molecule has 1 atom stereocenters. The van der Waals surface area contributed by atoms with E-state index in [2.05, 4.69) is 0 Å². The first kappa shape index (κ1) is 18.0. The number of rotatable bonds is 6. The molecule has 1 aliphatic heterocycles. The molecule has 1 aliphatic rings. The van der Waals surface area contributed by atoms with E-state index in [1.807, 2.05) is 30.3 Å². The number of carboxylic acids is 1. The van der Waals surface area contributed by atoms with Gasteiger partial charge in [0, 0.05) is 20.0 Å². The monoisotopic (exact) mass is 332 g/mol. The minimum atomic E-state index is -1.17. The Hall–Kier alpha value is -2.37. The summed E-state index contributed by atoms with van der Waals surface area (Å²) >= 11 is 0. The van der Waals surface area contributed by atoms with E-state index in [1.54, 1.807) is 6.92 Å². The third kappa shape index (κ3) is 3.93. The van der Waals surface area contributed by atoms with Crippen LogP contribution in [-0.4, -0.2) is 57.9 Å². The third-order valence-corrected chi connectivity index (χ3v) is 4.69. The van der Waals surface area contributed by atoms with Crippen LogP contribution in [0.15, 0.2) is 30.3 Å². The number of nitrogens with zero attached hydrogens (tertiary/aromatic N) is 2. The molecule has 2 rings (SSSR count). The van der Waals surface area contributed by atoms with Crippen LogP contribution in [0.25, 0.3) is 0 Å².